The number of nitrogens with zero attached hydrogens (tertiary/aromatic N) is 2. The second kappa shape index (κ2) is 8.95. The Labute approximate surface area is 210 Å². The summed E-state index contributed by atoms with van der Waals surface area (Å²) in [4.78, 5) is 15.7. The quantitative estimate of drug-likeness (QED) is 0.357. The maximum absolute atomic E-state index is 14.9. The first-order valence-corrected chi connectivity index (χ1v) is 11.9. The van der Waals surface area contributed by atoms with Crippen LogP contribution in [0.5, 0.6) is 17.5 Å². The normalized spacial score (nSPS) is 17.6. The van der Waals surface area contributed by atoms with Crippen molar-refractivity contribution < 1.29 is 32.5 Å². The summed E-state index contributed by atoms with van der Waals surface area (Å²) in [5, 5.41) is 3.45. The molecule has 0 fully saturated rings. The molecule has 0 aliphatic carbocycles. The van der Waals surface area contributed by atoms with E-state index in [4.69, 9.17) is 18.9 Å². The number of halogens is 2. The lowest BCUT2D eigenvalue weighted by molar-refractivity contribution is -0.147. The van der Waals surface area contributed by atoms with Gasteiger partial charge in [-0.05, 0) is 37.3 Å². The molecule has 2 atom stereocenters. The van der Waals surface area contributed by atoms with Crippen LogP contribution in [0.4, 0.5) is 14.5 Å². The van der Waals surface area contributed by atoms with Crippen LogP contribution < -0.4 is 19.5 Å². The number of nitrogens with one attached hydrogen (secondary N) is 1. The molecule has 2 aliphatic heterocycles. The zero-order valence-corrected chi connectivity index (χ0v) is 20.1. The van der Waals surface area contributed by atoms with E-state index < -0.39 is 17.7 Å². The Balaban J connectivity index is 1.35. The molecule has 190 valence electrons. The van der Waals surface area contributed by atoms with Crippen LogP contribution in [0.1, 0.15) is 37.1 Å². The summed E-state index contributed by atoms with van der Waals surface area (Å²) in [6.45, 7) is 4.05. The number of benzene rings is 3. The molecule has 8 nitrogen and oxygen atoms in total. The van der Waals surface area contributed by atoms with Gasteiger partial charge < -0.3 is 24.3 Å². The zero-order valence-electron chi connectivity index (χ0n) is 20.1. The van der Waals surface area contributed by atoms with Gasteiger partial charge in [0.15, 0.2) is 17.7 Å². The molecule has 0 saturated carbocycles. The molecule has 1 aromatic heterocycles. The lowest BCUT2D eigenvalue weighted by Crippen LogP contribution is -2.12. The fraction of sp³-hybridized carbons (Fsp3) is 0.259. The molecule has 0 bridgehead atoms. The number of rotatable bonds is 6. The molecule has 10 heteroatoms. The number of carbonyl (C=O) groups is 1. The van der Waals surface area contributed by atoms with Crippen molar-refractivity contribution >= 4 is 22.7 Å². The number of aromatic nitrogens is 2. The Morgan fingerprint density at radius 2 is 2.00 bits per heavy atom. The van der Waals surface area contributed by atoms with Crippen molar-refractivity contribution in [3.05, 3.63) is 71.3 Å². The SMILES string of the molecule is CCOc1nc2ccc(F)c(F)c2n1-c1cccc2c1OC[C@H]2Nc1ccc2c(c1)OC[C@H]2OC(C)=O. The van der Waals surface area contributed by atoms with Crippen LogP contribution in [0.3, 0.4) is 0 Å². The topological polar surface area (TPSA) is 83.8 Å². The monoisotopic (exact) mass is 507 g/mol. The highest BCUT2D eigenvalue weighted by atomic mass is 19.2. The van der Waals surface area contributed by atoms with Gasteiger partial charge >= 0.3 is 12.0 Å². The van der Waals surface area contributed by atoms with E-state index in [1.807, 2.05) is 30.3 Å². The fourth-order valence-corrected chi connectivity index (χ4v) is 4.83. The molecule has 6 rings (SSSR count). The number of hydrogen-bond acceptors (Lipinski definition) is 7. The van der Waals surface area contributed by atoms with Gasteiger partial charge in [-0.1, -0.05) is 12.1 Å². The van der Waals surface area contributed by atoms with Crippen molar-refractivity contribution in [3.63, 3.8) is 0 Å². The van der Waals surface area contributed by atoms with Crippen LogP contribution in [0, 0.1) is 11.6 Å². The average Bonchev–Trinajstić information content (AvgIpc) is 3.57. The fourth-order valence-electron chi connectivity index (χ4n) is 4.83. The summed E-state index contributed by atoms with van der Waals surface area (Å²) in [6, 6.07) is 13.5. The summed E-state index contributed by atoms with van der Waals surface area (Å²) in [5.74, 6) is -1.17. The van der Waals surface area contributed by atoms with Crippen LogP contribution >= 0.6 is 0 Å². The molecule has 1 N–H and O–H groups in total. The van der Waals surface area contributed by atoms with E-state index in [0.29, 0.717) is 30.4 Å². The highest BCUT2D eigenvalue weighted by Gasteiger charge is 2.31. The van der Waals surface area contributed by atoms with E-state index in [9.17, 15) is 13.6 Å². The van der Waals surface area contributed by atoms with E-state index >= 15 is 0 Å². The zero-order chi connectivity index (χ0) is 25.7. The van der Waals surface area contributed by atoms with Crippen molar-refractivity contribution in [2.45, 2.75) is 26.0 Å². The van der Waals surface area contributed by atoms with Crippen LogP contribution in [-0.4, -0.2) is 35.3 Å². The Morgan fingerprint density at radius 3 is 2.81 bits per heavy atom. The molecular formula is C27H23F2N3O5. The Hall–Kier alpha value is -4.34. The Kier molecular flexibility index (Phi) is 5.58. The minimum absolute atomic E-state index is 0.0186. The molecule has 0 radical (unpaired) electrons. The number of para-hydroxylation sites is 1. The number of anilines is 1. The van der Waals surface area contributed by atoms with Gasteiger partial charge in [-0.25, -0.2) is 8.78 Å². The first-order chi connectivity index (χ1) is 17.9. The maximum atomic E-state index is 14.9. The first-order valence-electron chi connectivity index (χ1n) is 11.9. The van der Waals surface area contributed by atoms with Crippen molar-refractivity contribution in [3.8, 4) is 23.2 Å². The molecule has 0 amide bonds. The molecule has 4 aromatic rings. The molecule has 0 spiro atoms. The molecule has 3 aromatic carbocycles. The molecular weight excluding hydrogens is 484 g/mol. The van der Waals surface area contributed by atoms with Crippen LogP contribution in [-0.2, 0) is 9.53 Å². The van der Waals surface area contributed by atoms with Crippen LogP contribution in [0.15, 0.2) is 48.5 Å². The highest BCUT2D eigenvalue weighted by molar-refractivity contribution is 5.81. The minimum atomic E-state index is -1.01. The van der Waals surface area contributed by atoms with Gasteiger partial charge in [0.25, 0.3) is 0 Å². The second-order valence-electron chi connectivity index (χ2n) is 8.76. The van der Waals surface area contributed by atoms with Crippen molar-refractivity contribution in [1.29, 1.82) is 0 Å². The molecule has 3 heterocycles. The van der Waals surface area contributed by atoms with E-state index in [1.165, 1.54) is 17.6 Å². The smallest absolute Gasteiger partial charge is 0.303 e. The van der Waals surface area contributed by atoms with Gasteiger partial charge in [0.05, 0.1) is 23.9 Å². The van der Waals surface area contributed by atoms with E-state index in [0.717, 1.165) is 22.9 Å². The van der Waals surface area contributed by atoms with Gasteiger partial charge in [-0.2, -0.15) is 4.98 Å². The third-order valence-corrected chi connectivity index (χ3v) is 6.39. The molecule has 0 unspecified atom stereocenters. The highest BCUT2D eigenvalue weighted by Crippen LogP contribution is 2.43. The average molecular weight is 507 g/mol. The first kappa shape index (κ1) is 23.1. The lowest BCUT2D eigenvalue weighted by Gasteiger charge is -2.15. The van der Waals surface area contributed by atoms with Crippen LogP contribution in [0.25, 0.3) is 16.7 Å². The third kappa shape index (κ3) is 3.89. The van der Waals surface area contributed by atoms with Crippen LogP contribution in [0.2, 0.25) is 0 Å². The molecule has 2 aliphatic rings. The summed E-state index contributed by atoms with van der Waals surface area (Å²) in [5.41, 5.74) is 3.21. The number of imidazole rings is 1. The van der Waals surface area contributed by atoms with E-state index in [1.54, 1.807) is 13.0 Å². The number of ether oxygens (including phenoxy) is 4. The largest absolute Gasteiger partial charge is 0.489 e. The van der Waals surface area contributed by atoms with Crippen molar-refractivity contribution in [1.82, 2.24) is 9.55 Å². The number of esters is 1. The van der Waals surface area contributed by atoms with E-state index in [2.05, 4.69) is 10.3 Å². The van der Waals surface area contributed by atoms with Crippen molar-refractivity contribution in [2.75, 3.05) is 25.1 Å². The van der Waals surface area contributed by atoms with Gasteiger partial charge in [0.1, 0.15) is 30.2 Å². The number of hydrogen-bond donors (Lipinski definition) is 1. The summed E-state index contributed by atoms with van der Waals surface area (Å²) >= 11 is 0. The van der Waals surface area contributed by atoms with E-state index in [-0.39, 0.29) is 35.7 Å². The lowest BCUT2D eigenvalue weighted by atomic mass is 10.1. The second-order valence-corrected chi connectivity index (χ2v) is 8.76. The Morgan fingerprint density at radius 1 is 1.14 bits per heavy atom. The summed E-state index contributed by atoms with van der Waals surface area (Å²) in [7, 11) is 0. The third-order valence-electron chi connectivity index (χ3n) is 6.39. The Bertz CT molecular complexity index is 1540. The van der Waals surface area contributed by atoms with Gasteiger partial charge in [-0.3, -0.25) is 9.36 Å². The summed E-state index contributed by atoms with van der Waals surface area (Å²) < 4.78 is 53.3. The van der Waals surface area contributed by atoms with Crippen molar-refractivity contribution in [2.24, 2.45) is 0 Å². The molecule has 0 saturated heterocycles. The summed E-state index contributed by atoms with van der Waals surface area (Å²) in [6.07, 6.45) is -0.422. The standard InChI is InChI=1S/C27H23F2N3O5/c1-3-34-27-31-19-10-9-18(28)24(29)25(19)32(27)21-6-4-5-16-20(12-36-26(16)21)30-15-7-8-17-22(11-15)35-13-23(17)37-14(2)33/h4-11,20,23,30H,3,12-13H2,1-2H3/t20-,23-/m1/s1. The number of carbonyl (C=O) groups excluding carboxylic acids is 1. The molecule has 37 heavy (non-hydrogen) atoms. The van der Waals surface area contributed by atoms with Gasteiger partial charge in [0.2, 0.25) is 0 Å². The van der Waals surface area contributed by atoms with Gasteiger partial charge in [0, 0.05) is 29.8 Å². The van der Waals surface area contributed by atoms with Gasteiger partial charge in [-0.15, -0.1) is 0 Å². The maximum Gasteiger partial charge on any atom is 0.303 e. The predicted molar refractivity (Wildman–Crippen MR) is 130 cm³/mol. The number of fused-ring (bicyclic) bond motifs is 3. The minimum Gasteiger partial charge on any atom is -0.489 e. The predicted octanol–water partition coefficient (Wildman–Crippen LogP) is 5.24.